The van der Waals surface area contributed by atoms with Crippen LogP contribution < -0.4 is 0 Å². The van der Waals surface area contributed by atoms with Gasteiger partial charge in [0.1, 0.15) is 0 Å². The van der Waals surface area contributed by atoms with E-state index >= 15 is 0 Å². The summed E-state index contributed by atoms with van der Waals surface area (Å²) in [7, 11) is 4.32. The van der Waals surface area contributed by atoms with Gasteiger partial charge >= 0.3 is 0 Å². The Labute approximate surface area is 128 Å². The molecule has 0 bridgehead atoms. The fourth-order valence-electron chi connectivity index (χ4n) is 3.28. The van der Waals surface area contributed by atoms with Gasteiger partial charge < -0.3 is 9.80 Å². The van der Waals surface area contributed by atoms with Gasteiger partial charge in [0, 0.05) is 31.6 Å². The fraction of sp³-hybridized carbons (Fsp3) is 0.611. The number of hydrogen-bond acceptors (Lipinski definition) is 3. The summed E-state index contributed by atoms with van der Waals surface area (Å²) in [5, 5.41) is 0. The monoisotopic (exact) mass is 288 g/mol. The molecule has 0 spiro atoms. The number of carbonyl (C=O) groups excluding carboxylic acids is 1. The number of carbonyl (C=O) groups is 1. The summed E-state index contributed by atoms with van der Waals surface area (Å²) in [5.41, 5.74) is 3.20. The second kappa shape index (κ2) is 7.19. The van der Waals surface area contributed by atoms with Gasteiger partial charge in [-0.05, 0) is 59.0 Å². The van der Waals surface area contributed by atoms with Crippen LogP contribution in [0.5, 0.6) is 0 Å². The number of ketones is 1. The van der Waals surface area contributed by atoms with Crippen molar-refractivity contribution in [3.05, 3.63) is 34.9 Å². The van der Waals surface area contributed by atoms with Crippen molar-refractivity contribution in [3.63, 3.8) is 0 Å². The first kappa shape index (κ1) is 16.2. The average molecular weight is 288 g/mol. The summed E-state index contributed by atoms with van der Waals surface area (Å²) in [6.45, 7) is 8.45. The first-order chi connectivity index (χ1) is 9.94. The van der Waals surface area contributed by atoms with Crippen LogP contribution in [-0.4, -0.2) is 55.9 Å². The Bertz CT molecular complexity index is 478. The molecule has 1 aromatic rings. The number of hydrogen-bond donors (Lipinski definition) is 0. The van der Waals surface area contributed by atoms with Crippen LogP contribution in [0.1, 0.15) is 34.3 Å². The summed E-state index contributed by atoms with van der Waals surface area (Å²) in [6, 6.07) is 6.11. The highest BCUT2D eigenvalue weighted by Gasteiger charge is 2.20. The van der Waals surface area contributed by atoms with E-state index in [1.165, 1.54) is 30.6 Å². The molecule has 116 valence electrons. The van der Waals surface area contributed by atoms with Crippen LogP contribution in [0.3, 0.4) is 0 Å². The number of aryl methyl sites for hydroxylation is 2. The van der Waals surface area contributed by atoms with Crippen molar-refractivity contribution in [2.24, 2.45) is 5.92 Å². The molecule has 1 unspecified atom stereocenters. The zero-order chi connectivity index (χ0) is 15.4. The molecule has 3 nitrogen and oxygen atoms in total. The maximum absolute atomic E-state index is 12.3. The van der Waals surface area contributed by atoms with E-state index in [1.54, 1.807) is 0 Å². The highest BCUT2D eigenvalue weighted by molar-refractivity contribution is 5.96. The van der Waals surface area contributed by atoms with E-state index in [1.807, 2.05) is 26.0 Å². The van der Waals surface area contributed by atoms with Crippen molar-refractivity contribution in [1.82, 2.24) is 9.80 Å². The molecule has 0 aromatic heterocycles. The molecule has 1 fully saturated rings. The van der Waals surface area contributed by atoms with Crippen LogP contribution in [0, 0.1) is 19.8 Å². The first-order valence-electron chi connectivity index (χ1n) is 7.92. The molecule has 1 atom stereocenters. The molecular weight excluding hydrogens is 260 g/mol. The van der Waals surface area contributed by atoms with Crippen molar-refractivity contribution in [1.29, 1.82) is 0 Å². The summed E-state index contributed by atoms with van der Waals surface area (Å²) in [4.78, 5) is 17.0. The van der Waals surface area contributed by atoms with Crippen LogP contribution in [0.25, 0.3) is 0 Å². The van der Waals surface area contributed by atoms with E-state index in [0.717, 1.165) is 24.6 Å². The minimum absolute atomic E-state index is 0.261. The highest BCUT2D eigenvalue weighted by atomic mass is 16.1. The smallest absolute Gasteiger partial charge is 0.164 e. The van der Waals surface area contributed by atoms with E-state index in [-0.39, 0.29) is 5.78 Å². The molecule has 21 heavy (non-hydrogen) atoms. The van der Waals surface area contributed by atoms with Crippen molar-refractivity contribution in [2.45, 2.75) is 26.7 Å². The van der Waals surface area contributed by atoms with E-state index in [9.17, 15) is 4.79 Å². The predicted molar refractivity (Wildman–Crippen MR) is 88.0 cm³/mol. The maximum Gasteiger partial charge on any atom is 0.164 e. The zero-order valence-corrected chi connectivity index (χ0v) is 13.9. The van der Waals surface area contributed by atoms with Crippen LogP contribution in [0.2, 0.25) is 0 Å². The molecule has 1 saturated heterocycles. The molecule has 0 saturated carbocycles. The lowest BCUT2D eigenvalue weighted by molar-refractivity contribution is 0.0966. The molecule has 3 heteroatoms. The largest absolute Gasteiger partial charge is 0.306 e. The normalized spacial score (nSPS) is 19.4. The van der Waals surface area contributed by atoms with Gasteiger partial charge in [-0.15, -0.1) is 0 Å². The van der Waals surface area contributed by atoms with E-state index in [4.69, 9.17) is 0 Å². The van der Waals surface area contributed by atoms with E-state index in [2.05, 4.69) is 30.0 Å². The van der Waals surface area contributed by atoms with Crippen molar-refractivity contribution in [3.8, 4) is 0 Å². The SMILES string of the molecule is Cc1cc(C)cc(C(=O)CCN(C)CC2CCN(C)C2)c1. The quantitative estimate of drug-likeness (QED) is 0.752. The Morgan fingerprint density at radius 2 is 1.95 bits per heavy atom. The van der Waals surface area contributed by atoms with Gasteiger partial charge in [-0.2, -0.15) is 0 Å². The zero-order valence-electron chi connectivity index (χ0n) is 13.9. The van der Waals surface area contributed by atoms with Gasteiger partial charge in [-0.1, -0.05) is 17.2 Å². The highest BCUT2D eigenvalue weighted by Crippen LogP contribution is 2.16. The van der Waals surface area contributed by atoms with Gasteiger partial charge in [-0.25, -0.2) is 0 Å². The topological polar surface area (TPSA) is 23.6 Å². The van der Waals surface area contributed by atoms with Crippen molar-refractivity contribution < 1.29 is 4.79 Å². The van der Waals surface area contributed by atoms with Gasteiger partial charge in [0.2, 0.25) is 0 Å². The molecule has 2 rings (SSSR count). The number of nitrogens with zero attached hydrogens (tertiary/aromatic N) is 2. The Kier molecular flexibility index (Phi) is 5.54. The van der Waals surface area contributed by atoms with Crippen molar-refractivity contribution in [2.75, 3.05) is 40.3 Å². The number of Topliss-reactive ketones (excluding diaryl/α,β-unsaturated/α-hetero) is 1. The lowest BCUT2D eigenvalue weighted by Crippen LogP contribution is -2.29. The lowest BCUT2D eigenvalue weighted by atomic mass is 10.0. The molecule has 1 aliphatic heterocycles. The predicted octanol–water partition coefficient (Wildman–Crippen LogP) is 2.76. The Morgan fingerprint density at radius 1 is 1.29 bits per heavy atom. The van der Waals surface area contributed by atoms with Gasteiger partial charge in [0.15, 0.2) is 5.78 Å². The Hall–Kier alpha value is -1.19. The average Bonchev–Trinajstić information content (AvgIpc) is 2.80. The molecule has 0 amide bonds. The van der Waals surface area contributed by atoms with Crippen LogP contribution in [-0.2, 0) is 0 Å². The summed E-state index contributed by atoms with van der Waals surface area (Å²) in [6.07, 6.45) is 1.90. The second-order valence-corrected chi connectivity index (χ2v) is 6.73. The molecule has 0 N–H and O–H groups in total. The molecular formula is C18H28N2O. The third kappa shape index (κ3) is 4.94. The van der Waals surface area contributed by atoms with Crippen LogP contribution in [0.4, 0.5) is 0 Å². The molecule has 1 aliphatic rings. The minimum atomic E-state index is 0.261. The van der Waals surface area contributed by atoms with Crippen LogP contribution in [0.15, 0.2) is 18.2 Å². The molecule has 1 aromatic carbocycles. The maximum atomic E-state index is 12.3. The van der Waals surface area contributed by atoms with E-state index in [0.29, 0.717) is 6.42 Å². The van der Waals surface area contributed by atoms with Gasteiger partial charge in [0.05, 0.1) is 0 Å². The minimum Gasteiger partial charge on any atom is -0.306 e. The summed E-state index contributed by atoms with van der Waals surface area (Å²) < 4.78 is 0. The first-order valence-corrected chi connectivity index (χ1v) is 7.92. The molecule has 1 heterocycles. The molecule has 0 radical (unpaired) electrons. The fourth-order valence-corrected chi connectivity index (χ4v) is 3.28. The second-order valence-electron chi connectivity index (χ2n) is 6.73. The summed E-state index contributed by atoms with van der Waals surface area (Å²) >= 11 is 0. The number of rotatable bonds is 6. The number of likely N-dealkylation sites (tertiary alicyclic amines) is 1. The van der Waals surface area contributed by atoms with Crippen LogP contribution >= 0.6 is 0 Å². The number of benzene rings is 1. The Balaban J connectivity index is 1.80. The van der Waals surface area contributed by atoms with Crippen molar-refractivity contribution >= 4 is 5.78 Å². The van der Waals surface area contributed by atoms with E-state index < -0.39 is 0 Å². The summed E-state index contributed by atoms with van der Waals surface area (Å²) in [5.74, 6) is 1.02. The third-order valence-corrected chi connectivity index (χ3v) is 4.32. The standard InChI is InChI=1S/C18H28N2O/c1-14-9-15(2)11-17(10-14)18(21)6-8-20(4)13-16-5-7-19(3)12-16/h9-11,16H,5-8,12-13H2,1-4H3. The lowest BCUT2D eigenvalue weighted by Gasteiger charge is -2.20. The van der Waals surface area contributed by atoms with Gasteiger partial charge in [0.25, 0.3) is 0 Å². The Morgan fingerprint density at radius 3 is 2.52 bits per heavy atom. The third-order valence-electron chi connectivity index (χ3n) is 4.32. The molecule has 0 aliphatic carbocycles. The van der Waals surface area contributed by atoms with Gasteiger partial charge in [-0.3, -0.25) is 4.79 Å².